The molecule has 1 radical (unpaired) electrons. The van der Waals surface area contributed by atoms with Crippen molar-refractivity contribution >= 4 is 0 Å². The average Bonchev–Trinajstić information content (AvgIpc) is 2.06. The molecule has 1 rings (SSSR count). The number of methoxy groups -OCH3 is 1. The number of ether oxygens (including phenoxy) is 2. The molecule has 1 aromatic carbocycles. The van der Waals surface area contributed by atoms with Crippen LogP contribution in [0.5, 0.6) is 5.75 Å². The lowest BCUT2D eigenvalue weighted by Gasteiger charge is -2.12. The standard InChI is InChI=1S/C10H13O2/c1-9(8-11-2)12-10-6-4-3-5-7-10/h3-6,9H,8H2,1-2H3. The highest BCUT2D eigenvalue weighted by Crippen LogP contribution is 2.09. The number of hydrogen-bond donors (Lipinski definition) is 0. The third-order valence-corrected chi connectivity index (χ3v) is 1.41. The molecule has 0 aromatic heterocycles. The Kier molecular flexibility index (Phi) is 3.61. The van der Waals surface area contributed by atoms with Gasteiger partial charge in [0.25, 0.3) is 0 Å². The Labute approximate surface area is 73.1 Å². The van der Waals surface area contributed by atoms with Gasteiger partial charge in [0.1, 0.15) is 11.9 Å². The summed E-state index contributed by atoms with van der Waals surface area (Å²) < 4.78 is 10.4. The van der Waals surface area contributed by atoms with E-state index >= 15 is 0 Å². The molecule has 0 amide bonds. The van der Waals surface area contributed by atoms with Gasteiger partial charge in [-0.25, -0.2) is 0 Å². The Hall–Kier alpha value is -1.02. The van der Waals surface area contributed by atoms with Gasteiger partial charge in [-0.1, -0.05) is 18.2 Å². The average molecular weight is 165 g/mol. The predicted octanol–water partition coefficient (Wildman–Crippen LogP) is 1.90. The van der Waals surface area contributed by atoms with Crippen molar-refractivity contribution in [2.45, 2.75) is 13.0 Å². The number of rotatable bonds is 4. The van der Waals surface area contributed by atoms with Crippen molar-refractivity contribution in [1.82, 2.24) is 0 Å². The van der Waals surface area contributed by atoms with Gasteiger partial charge in [-0.2, -0.15) is 0 Å². The van der Waals surface area contributed by atoms with Gasteiger partial charge in [-0.15, -0.1) is 0 Å². The molecule has 2 heteroatoms. The first-order chi connectivity index (χ1) is 5.83. The molecule has 0 saturated heterocycles. The normalized spacial score (nSPS) is 12.5. The van der Waals surface area contributed by atoms with Gasteiger partial charge in [0.05, 0.1) is 6.61 Å². The molecule has 0 heterocycles. The zero-order valence-corrected chi connectivity index (χ0v) is 7.41. The Balaban J connectivity index is 2.41. The molecule has 0 fully saturated rings. The van der Waals surface area contributed by atoms with Crippen molar-refractivity contribution in [1.29, 1.82) is 0 Å². The smallest absolute Gasteiger partial charge is 0.127 e. The van der Waals surface area contributed by atoms with Crippen molar-refractivity contribution in [3.05, 3.63) is 30.3 Å². The number of hydrogen-bond acceptors (Lipinski definition) is 2. The van der Waals surface area contributed by atoms with Crippen LogP contribution < -0.4 is 4.74 Å². The SMILES string of the molecule is COCC(C)Oc1[c]cccc1. The maximum absolute atomic E-state index is 5.47. The van der Waals surface area contributed by atoms with Gasteiger partial charge in [-0.3, -0.25) is 0 Å². The molecular formula is C10H13O2. The summed E-state index contributed by atoms with van der Waals surface area (Å²) in [5.41, 5.74) is 0. The Bertz CT molecular complexity index is 208. The van der Waals surface area contributed by atoms with Crippen molar-refractivity contribution < 1.29 is 9.47 Å². The van der Waals surface area contributed by atoms with E-state index in [0.717, 1.165) is 5.75 Å². The fourth-order valence-electron chi connectivity index (χ4n) is 0.936. The number of para-hydroxylation sites is 1. The topological polar surface area (TPSA) is 18.5 Å². The van der Waals surface area contributed by atoms with E-state index < -0.39 is 0 Å². The molecule has 1 unspecified atom stereocenters. The van der Waals surface area contributed by atoms with Crippen molar-refractivity contribution in [2.75, 3.05) is 13.7 Å². The molecule has 0 aliphatic heterocycles. The summed E-state index contributed by atoms with van der Waals surface area (Å²) in [4.78, 5) is 0. The van der Waals surface area contributed by atoms with E-state index in [0.29, 0.717) is 6.61 Å². The van der Waals surface area contributed by atoms with Crippen LogP contribution >= 0.6 is 0 Å². The van der Waals surface area contributed by atoms with Gasteiger partial charge in [0.15, 0.2) is 0 Å². The molecular weight excluding hydrogens is 152 g/mol. The lowest BCUT2D eigenvalue weighted by molar-refractivity contribution is 0.0919. The molecule has 1 aromatic rings. The third-order valence-electron chi connectivity index (χ3n) is 1.41. The van der Waals surface area contributed by atoms with E-state index in [1.807, 2.05) is 31.2 Å². The lowest BCUT2D eigenvalue weighted by Crippen LogP contribution is -2.17. The zero-order valence-electron chi connectivity index (χ0n) is 7.41. The molecule has 0 saturated carbocycles. The van der Waals surface area contributed by atoms with Crippen LogP contribution in [0.2, 0.25) is 0 Å². The highest BCUT2D eigenvalue weighted by molar-refractivity contribution is 5.19. The van der Waals surface area contributed by atoms with E-state index in [4.69, 9.17) is 9.47 Å². The molecule has 0 bridgehead atoms. The maximum atomic E-state index is 5.47. The highest BCUT2D eigenvalue weighted by Gasteiger charge is 2.01. The first kappa shape index (κ1) is 9.07. The minimum absolute atomic E-state index is 0.0775. The molecule has 0 N–H and O–H groups in total. The Morgan fingerprint density at radius 3 is 2.92 bits per heavy atom. The fourth-order valence-corrected chi connectivity index (χ4v) is 0.936. The van der Waals surface area contributed by atoms with Crippen LogP contribution in [-0.4, -0.2) is 19.8 Å². The highest BCUT2D eigenvalue weighted by atomic mass is 16.5. The summed E-state index contributed by atoms with van der Waals surface area (Å²) in [5, 5.41) is 0. The van der Waals surface area contributed by atoms with Crippen LogP contribution in [0.4, 0.5) is 0 Å². The van der Waals surface area contributed by atoms with E-state index in [1.54, 1.807) is 7.11 Å². The van der Waals surface area contributed by atoms with Gasteiger partial charge >= 0.3 is 0 Å². The van der Waals surface area contributed by atoms with Gasteiger partial charge in [-0.05, 0) is 13.0 Å². The van der Waals surface area contributed by atoms with Crippen LogP contribution in [0.15, 0.2) is 24.3 Å². The maximum Gasteiger partial charge on any atom is 0.127 e. The van der Waals surface area contributed by atoms with Gasteiger partial charge < -0.3 is 9.47 Å². The first-order valence-electron chi connectivity index (χ1n) is 3.95. The molecule has 0 aliphatic carbocycles. The van der Waals surface area contributed by atoms with Crippen molar-refractivity contribution in [3.63, 3.8) is 0 Å². The monoisotopic (exact) mass is 165 g/mol. The van der Waals surface area contributed by atoms with Crippen LogP contribution in [-0.2, 0) is 4.74 Å². The van der Waals surface area contributed by atoms with E-state index in [2.05, 4.69) is 6.07 Å². The summed E-state index contributed by atoms with van der Waals surface area (Å²) in [5.74, 6) is 0.766. The van der Waals surface area contributed by atoms with Crippen LogP contribution in [0.3, 0.4) is 0 Å². The number of benzene rings is 1. The largest absolute Gasteiger partial charge is 0.488 e. The molecule has 0 aliphatic rings. The second kappa shape index (κ2) is 4.78. The first-order valence-corrected chi connectivity index (χ1v) is 3.95. The van der Waals surface area contributed by atoms with Gasteiger partial charge in [0.2, 0.25) is 0 Å². The fraction of sp³-hybridized carbons (Fsp3) is 0.400. The van der Waals surface area contributed by atoms with Gasteiger partial charge in [0, 0.05) is 13.2 Å². The van der Waals surface area contributed by atoms with Crippen LogP contribution in [0.1, 0.15) is 6.92 Å². The molecule has 2 nitrogen and oxygen atoms in total. The molecule has 65 valence electrons. The zero-order chi connectivity index (χ0) is 8.81. The molecule has 1 atom stereocenters. The molecule has 12 heavy (non-hydrogen) atoms. The Morgan fingerprint density at radius 1 is 1.50 bits per heavy atom. The van der Waals surface area contributed by atoms with Crippen LogP contribution in [0.25, 0.3) is 0 Å². The summed E-state index contributed by atoms with van der Waals surface area (Å²) in [6.07, 6.45) is 0.0775. The second-order valence-corrected chi connectivity index (χ2v) is 2.61. The quantitative estimate of drug-likeness (QED) is 0.678. The summed E-state index contributed by atoms with van der Waals surface area (Å²) in [6, 6.07) is 10.5. The lowest BCUT2D eigenvalue weighted by atomic mass is 10.3. The van der Waals surface area contributed by atoms with Crippen molar-refractivity contribution in [2.24, 2.45) is 0 Å². The minimum Gasteiger partial charge on any atom is -0.488 e. The van der Waals surface area contributed by atoms with E-state index in [1.165, 1.54) is 0 Å². The third kappa shape index (κ3) is 2.93. The van der Waals surface area contributed by atoms with Crippen LogP contribution in [0, 0.1) is 6.07 Å². The second-order valence-electron chi connectivity index (χ2n) is 2.61. The summed E-state index contributed by atoms with van der Waals surface area (Å²) in [7, 11) is 1.66. The predicted molar refractivity (Wildman–Crippen MR) is 47.2 cm³/mol. The van der Waals surface area contributed by atoms with E-state index in [9.17, 15) is 0 Å². The minimum atomic E-state index is 0.0775. The van der Waals surface area contributed by atoms with E-state index in [-0.39, 0.29) is 6.10 Å². The van der Waals surface area contributed by atoms with Crippen molar-refractivity contribution in [3.8, 4) is 5.75 Å². The summed E-state index contributed by atoms with van der Waals surface area (Å²) >= 11 is 0. The summed E-state index contributed by atoms with van der Waals surface area (Å²) in [6.45, 7) is 2.56. The Morgan fingerprint density at radius 2 is 2.33 bits per heavy atom. The molecule has 0 spiro atoms.